The van der Waals surface area contributed by atoms with E-state index in [0.717, 1.165) is 5.69 Å². The second-order valence-corrected chi connectivity index (χ2v) is 3.60. The van der Waals surface area contributed by atoms with E-state index in [4.69, 9.17) is 4.74 Å². The van der Waals surface area contributed by atoms with Crippen LogP contribution < -0.4 is 10.1 Å². The van der Waals surface area contributed by atoms with E-state index >= 15 is 0 Å². The number of ether oxygens (including phenoxy) is 1. The van der Waals surface area contributed by atoms with Crippen LogP contribution in [-0.4, -0.2) is 22.7 Å². The predicted octanol–water partition coefficient (Wildman–Crippen LogP) is 1.24. The van der Waals surface area contributed by atoms with Crippen molar-refractivity contribution in [2.45, 2.75) is 6.54 Å². The molecule has 0 aliphatic rings. The molecule has 1 heterocycles. The molecule has 0 bridgehead atoms. The van der Waals surface area contributed by atoms with E-state index in [1.54, 1.807) is 18.3 Å². The third-order valence-electron chi connectivity index (χ3n) is 2.20. The van der Waals surface area contributed by atoms with Crippen molar-refractivity contribution in [1.82, 2.24) is 15.5 Å². The lowest BCUT2D eigenvalue weighted by Gasteiger charge is -2.06. The number of nitrogens with one attached hydrogen (secondary N) is 2. The highest BCUT2D eigenvalue weighted by Gasteiger charge is 2.03. The molecular formula is C12H12FN3O2. The van der Waals surface area contributed by atoms with Crippen LogP contribution in [0.4, 0.5) is 4.39 Å². The number of H-pyrrole nitrogens is 1. The van der Waals surface area contributed by atoms with E-state index in [1.807, 2.05) is 0 Å². The average molecular weight is 249 g/mol. The van der Waals surface area contributed by atoms with Crippen molar-refractivity contribution in [2.75, 3.05) is 6.61 Å². The lowest BCUT2D eigenvalue weighted by atomic mass is 10.3. The molecule has 0 aliphatic heterocycles. The molecule has 1 aromatic carbocycles. The first-order chi connectivity index (χ1) is 8.74. The summed E-state index contributed by atoms with van der Waals surface area (Å²) < 4.78 is 18.0. The molecule has 18 heavy (non-hydrogen) atoms. The van der Waals surface area contributed by atoms with E-state index in [-0.39, 0.29) is 12.5 Å². The molecule has 0 unspecified atom stereocenters. The van der Waals surface area contributed by atoms with Crippen molar-refractivity contribution >= 4 is 5.91 Å². The Hall–Kier alpha value is -2.37. The first-order valence-corrected chi connectivity index (χ1v) is 5.37. The Morgan fingerprint density at radius 3 is 3.06 bits per heavy atom. The van der Waals surface area contributed by atoms with Gasteiger partial charge in [0.05, 0.1) is 12.2 Å². The Bertz CT molecular complexity index is 514. The van der Waals surface area contributed by atoms with Crippen molar-refractivity contribution in [3.8, 4) is 5.75 Å². The van der Waals surface area contributed by atoms with Crippen LogP contribution in [0.3, 0.4) is 0 Å². The molecule has 2 aromatic rings. The number of amides is 1. The number of benzene rings is 1. The van der Waals surface area contributed by atoms with Crippen molar-refractivity contribution < 1.29 is 13.9 Å². The van der Waals surface area contributed by atoms with Crippen LogP contribution in [0.5, 0.6) is 5.75 Å². The van der Waals surface area contributed by atoms with Gasteiger partial charge in [0, 0.05) is 12.3 Å². The molecule has 1 aromatic heterocycles. The highest BCUT2D eigenvalue weighted by atomic mass is 19.1. The van der Waals surface area contributed by atoms with Gasteiger partial charge in [-0.05, 0) is 18.2 Å². The maximum absolute atomic E-state index is 12.8. The number of nitrogens with zero attached hydrogens (tertiary/aromatic N) is 1. The predicted molar refractivity (Wildman–Crippen MR) is 62.3 cm³/mol. The van der Waals surface area contributed by atoms with E-state index in [0.29, 0.717) is 12.3 Å². The van der Waals surface area contributed by atoms with Gasteiger partial charge in [-0.25, -0.2) is 4.39 Å². The van der Waals surface area contributed by atoms with Gasteiger partial charge in [0.1, 0.15) is 11.6 Å². The first-order valence-electron chi connectivity index (χ1n) is 5.37. The van der Waals surface area contributed by atoms with E-state index in [2.05, 4.69) is 15.5 Å². The van der Waals surface area contributed by atoms with Crippen molar-refractivity contribution in [3.05, 3.63) is 48.0 Å². The second-order valence-electron chi connectivity index (χ2n) is 3.60. The number of rotatable bonds is 5. The van der Waals surface area contributed by atoms with Gasteiger partial charge in [0.25, 0.3) is 5.91 Å². The number of hydrogen-bond acceptors (Lipinski definition) is 3. The Kier molecular flexibility index (Phi) is 3.90. The maximum Gasteiger partial charge on any atom is 0.258 e. The zero-order valence-corrected chi connectivity index (χ0v) is 9.52. The summed E-state index contributed by atoms with van der Waals surface area (Å²) in [6, 6.07) is 7.40. The fourth-order valence-corrected chi connectivity index (χ4v) is 1.33. The largest absolute Gasteiger partial charge is 0.484 e. The Morgan fingerprint density at radius 1 is 1.44 bits per heavy atom. The first kappa shape index (κ1) is 12.1. The van der Waals surface area contributed by atoms with Crippen LogP contribution >= 0.6 is 0 Å². The van der Waals surface area contributed by atoms with Gasteiger partial charge in [0.2, 0.25) is 0 Å². The Balaban J connectivity index is 1.75. The summed E-state index contributed by atoms with van der Waals surface area (Å²) in [7, 11) is 0. The summed E-state index contributed by atoms with van der Waals surface area (Å²) in [4.78, 5) is 11.4. The lowest BCUT2D eigenvalue weighted by Crippen LogP contribution is -2.28. The van der Waals surface area contributed by atoms with E-state index < -0.39 is 5.82 Å². The smallest absolute Gasteiger partial charge is 0.258 e. The van der Waals surface area contributed by atoms with Crippen LogP contribution in [0.15, 0.2) is 36.5 Å². The van der Waals surface area contributed by atoms with Gasteiger partial charge in [-0.3, -0.25) is 9.89 Å². The van der Waals surface area contributed by atoms with Crippen LogP contribution in [0.1, 0.15) is 5.69 Å². The van der Waals surface area contributed by atoms with Crippen molar-refractivity contribution in [3.63, 3.8) is 0 Å². The fraction of sp³-hybridized carbons (Fsp3) is 0.167. The summed E-state index contributed by atoms with van der Waals surface area (Å²) in [5.74, 6) is -0.356. The molecule has 0 saturated carbocycles. The normalized spacial score (nSPS) is 10.1. The van der Waals surface area contributed by atoms with Gasteiger partial charge in [-0.15, -0.1) is 0 Å². The van der Waals surface area contributed by atoms with Crippen LogP contribution in [0, 0.1) is 5.82 Å². The number of aromatic amines is 1. The third kappa shape index (κ3) is 3.58. The lowest BCUT2D eigenvalue weighted by molar-refractivity contribution is -0.123. The van der Waals surface area contributed by atoms with Gasteiger partial charge >= 0.3 is 0 Å². The summed E-state index contributed by atoms with van der Waals surface area (Å²) in [6.45, 7) is 0.197. The SMILES string of the molecule is O=C(COc1cccc(F)c1)NCc1ccn[nH]1. The molecule has 2 N–H and O–H groups in total. The number of carbonyl (C=O) groups excluding carboxylic acids is 1. The van der Waals surface area contributed by atoms with Crippen molar-refractivity contribution in [2.24, 2.45) is 0 Å². The fourth-order valence-electron chi connectivity index (χ4n) is 1.33. The minimum atomic E-state index is -0.398. The summed E-state index contributed by atoms with van der Waals surface area (Å²) in [5.41, 5.74) is 0.800. The quantitative estimate of drug-likeness (QED) is 0.837. The molecule has 0 spiro atoms. The number of carbonyl (C=O) groups is 1. The summed E-state index contributed by atoms with van der Waals surface area (Å²) in [6.07, 6.45) is 1.60. The highest BCUT2D eigenvalue weighted by molar-refractivity contribution is 5.77. The Morgan fingerprint density at radius 2 is 2.33 bits per heavy atom. The molecule has 0 radical (unpaired) electrons. The van der Waals surface area contributed by atoms with Crippen LogP contribution in [0.2, 0.25) is 0 Å². The van der Waals surface area contributed by atoms with Gasteiger partial charge in [-0.2, -0.15) is 5.10 Å². The third-order valence-corrected chi connectivity index (χ3v) is 2.20. The topological polar surface area (TPSA) is 67.0 Å². The summed E-state index contributed by atoms with van der Waals surface area (Å²) >= 11 is 0. The van der Waals surface area contributed by atoms with Gasteiger partial charge in [-0.1, -0.05) is 6.07 Å². The molecule has 94 valence electrons. The minimum Gasteiger partial charge on any atom is -0.484 e. The van der Waals surface area contributed by atoms with E-state index in [1.165, 1.54) is 18.2 Å². The monoisotopic (exact) mass is 249 g/mol. The van der Waals surface area contributed by atoms with E-state index in [9.17, 15) is 9.18 Å². The molecule has 0 atom stereocenters. The molecule has 6 heteroatoms. The molecule has 1 amide bonds. The molecule has 5 nitrogen and oxygen atoms in total. The van der Waals surface area contributed by atoms with Crippen LogP contribution in [-0.2, 0) is 11.3 Å². The maximum atomic E-state index is 12.8. The minimum absolute atomic E-state index is 0.155. The average Bonchev–Trinajstić information content (AvgIpc) is 2.87. The molecule has 0 fully saturated rings. The second kappa shape index (κ2) is 5.81. The molecular weight excluding hydrogens is 237 g/mol. The number of aromatic nitrogens is 2. The highest BCUT2D eigenvalue weighted by Crippen LogP contribution is 2.11. The molecule has 2 rings (SSSR count). The molecule has 0 aliphatic carbocycles. The van der Waals surface area contributed by atoms with Crippen LogP contribution in [0.25, 0.3) is 0 Å². The van der Waals surface area contributed by atoms with Gasteiger partial charge in [0.15, 0.2) is 6.61 Å². The zero-order valence-electron chi connectivity index (χ0n) is 9.52. The summed E-state index contributed by atoms with van der Waals surface area (Å²) in [5, 5.41) is 9.11. The molecule has 0 saturated heterocycles. The standard InChI is InChI=1S/C12H12FN3O2/c13-9-2-1-3-11(6-9)18-8-12(17)14-7-10-4-5-15-16-10/h1-6H,7-8H2,(H,14,17)(H,15,16). The zero-order chi connectivity index (χ0) is 12.8. The number of hydrogen-bond donors (Lipinski definition) is 2. The van der Waals surface area contributed by atoms with Gasteiger partial charge < -0.3 is 10.1 Å². The van der Waals surface area contributed by atoms with Crippen molar-refractivity contribution in [1.29, 1.82) is 0 Å². The Labute approximate surface area is 103 Å². The number of halogens is 1.